The number of rotatable bonds is 2. The lowest BCUT2D eigenvalue weighted by Gasteiger charge is -1.87. The molecular formula is C10H17N3O4. The molecule has 0 bridgehead atoms. The van der Waals surface area contributed by atoms with Crippen LogP contribution < -0.4 is 5.32 Å². The second kappa shape index (κ2) is 11.8. The Balaban J connectivity index is 0. The van der Waals surface area contributed by atoms with Crippen molar-refractivity contribution >= 4 is 12.1 Å². The molecule has 1 amide bonds. The molecule has 1 aromatic heterocycles. The lowest BCUT2D eigenvalue weighted by molar-refractivity contribution is -0.132. The maximum atomic E-state index is 9.60. The van der Waals surface area contributed by atoms with Gasteiger partial charge >= 0.3 is 12.1 Å². The summed E-state index contributed by atoms with van der Waals surface area (Å²) >= 11 is 0. The Hall–Kier alpha value is -2.31. The SMILES string of the molecule is C=C(C)C(=O)O.CCNC(=O)O.c1c[nH]cn1. The monoisotopic (exact) mass is 243 g/mol. The van der Waals surface area contributed by atoms with Gasteiger partial charge < -0.3 is 20.5 Å². The molecule has 96 valence electrons. The first kappa shape index (κ1) is 17.1. The standard InChI is InChI=1S/C4H6O2.C3H4N2.C3H7NO2/c1-3(2)4(5)6;1-2-5-3-4-1;1-2-4-3(5)6/h1H2,2H3,(H,5,6);1-3H,(H,4,5);4H,2H2,1H3,(H,5,6). The van der Waals surface area contributed by atoms with Gasteiger partial charge in [-0.15, -0.1) is 0 Å². The molecule has 7 heteroatoms. The van der Waals surface area contributed by atoms with Gasteiger partial charge in [0.1, 0.15) is 0 Å². The third kappa shape index (κ3) is 19.9. The summed E-state index contributed by atoms with van der Waals surface area (Å²) < 4.78 is 0. The molecular weight excluding hydrogens is 226 g/mol. The number of hydrogen-bond donors (Lipinski definition) is 4. The van der Waals surface area contributed by atoms with Crippen LogP contribution in [0.3, 0.4) is 0 Å². The number of aliphatic carboxylic acids is 1. The molecule has 0 spiro atoms. The molecule has 1 rings (SSSR count). The van der Waals surface area contributed by atoms with Crippen LogP contribution in [0.25, 0.3) is 0 Å². The highest BCUT2D eigenvalue weighted by Gasteiger charge is 1.90. The van der Waals surface area contributed by atoms with Crippen molar-refractivity contribution in [3.63, 3.8) is 0 Å². The summed E-state index contributed by atoms with van der Waals surface area (Å²) in [6.07, 6.45) is 4.12. The van der Waals surface area contributed by atoms with Crippen molar-refractivity contribution in [3.05, 3.63) is 30.9 Å². The Bertz CT molecular complexity index is 293. The summed E-state index contributed by atoms with van der Waals surface area (Å²) in [6, 6.07) is 0. The van der Waals surface area contributed by atoms with Gasteiger partial charge in [-0.05, 0) is 13.8 Å². The van der Waals surface area contributed by atoms with Gasteiger partial charge in [-0.3, -0.25) is 0 Å². The molecule has 1 aromatic rings. The summed E-state index contributed by atoms with van der Waals surface area (Å²) in [5, 5.41) is 17.8. The predicted molar refractivity (Wildman–Crippen MR) is 62.7 cm³/mol. The summed E-state index contributed by atoms with van der Waals surface area (Å²) in [5.41, 5.74) is 0.176. The molecule has 4 N–H and O–H groups in total. The van der Waals surface area contributed by atoms with Crippen LogP contribution in [0.5, 0.6) is 0 Å². The average Bonchev–Trinajstić information content (AvgIpc) is 2.75. The van der Waals surface area contributed by atoms with Crippen molar-refractivity contribution in [2.75, 3.05) is 6.54 Å². The first-order chi connectivity index (χ1) is 7.91. The molecule has 0 fully saturated rings. The molecule has 0 unspecified atom stereocenters. The number of hydrogen-bond acceptors (Lipinski definition) is 3. The number of amides is 1. The van der Waals surface area contributed by atoms with E-state index in [1.165, 1.54) is 6.92 Å². The number of nitrogens with one attached hydrogen (secondary N) is 2. The summed E-state index contributed by atoms with van der Waals surface area (Å²) in [4.78, 5) is 25.5. The van der Waals surface area contributed by atoms with E-state index in [1.54, 1.807) is 25.6 Å². The summed E-state index contributed by atoms with van der Waals surface area (Å²) in [6.45, 7) is 6.81. The van der Waals surface area contributed by atoms with Crippen LogP contribution >= 0.6 is 0 Å². The number of nitrogens with zero attached hydrogens (tertiary/aromatic N) is 1. The molecule has 1 heterocycles. The normalized spacial score (nSPS) is 7.65. The fourth-order valence-electron chi connectivity index (χ4n) is 0.366. The summed E-state index contributed by atoms with van der Waals surface area (Å²) in [5.74, 6) is -0.935. The van der Waals surface area contributed by atoms with E-state index in [2.05, 4.69) is 21.9 Å². The van der Waals surface area contributed by atoms with Crippen LogP contribution in [-0.4, -0.2) is 38.8 Å². The molecule has 0 aliphatic carbocycles. The second-order valence-corrected chi connectivity index (χ2v) is 2.68. The van der Waals surface area contributed by atoms with E-state index >= 15 is 0 Å². The minimum Gasteiger partial charge on any atom is -0.478 e. The molecule has 0 aliphatic rings. The third-order valence-electron chi connectivity index (χ3n) is 1.10. The van der Waals surface area contributed by atoms with Gasteiger partial charge in [0.25, 0.3) is 0 Å². The summed E-state index contributed by atoms with van der Waals surface area (Å²) in [7, 11) is 0. The molecule has 0 atom stereocenters. The molecule has 0 aliphatic heterocycles. The predicted octanol–water partition coefficient (Wildman–Crippen LogP) is 1.33. The fraction of sp³-hybridized carbons (Fsp3) is 0.300. The van der Waals surface area contributed by atoms with E-state index in [4.69, 9.17) is 10.2 Å². The van der Waals surface area contributed by atoms with Gasteiger partial charge in [0.05, 0.1) is 6.33 Å². The number of carboxylic acid groups (broad SMARTS) is 2. The van der Waals surface area contributed by atoms with Crippen molar-refractivity contribution in [1.29, 1.82) is 0 Å². The Labute approximate surface area is 99.2 Å². The van der Waals surface area contributed by atoms with Crippen molar-refractivity contribution in [2.45, 2.75) is 13.8 Å². The largest absolute Gasteiger partial charge is 0.478 e. The molecule has 17 heavy (non-hydrogen) atoms. The molecule has 7 nitrogen and oxygen atoms in total. The molecule has 0 aromatic carbocycles. The van der Waals surface area contributed by atoms with Gasteiger partial charge in [0.2, 0.25) is 0 Å². The lowest BCUT2D eigenvalue weighted by atomic mass is 10.4. The Morgan fingerprint density at radius 2 is 2.00 bits per heavy atom. The van der Waals surface area contributed by atoms with Crippen LogP contribution in [0.1, 0.15) is 13.8 Å². The Kier molecular flexibility index (Phi) is 11.8. The van der Waals surface area contributed by atoms with E-state index in [1.807, 2.05) is 0 Å². The second-order valence-electron chi connectivity index (χ2n) is 2.68. The zero-order valence-corrected chi connectivity index (χ0v) is 9.80. The number of aromatic nitrogens is 2. The Morgan fingerprint density at radius 3 is 2.06 bits per heavy atom. The van der Waals surface area contributed by atoms with E-state index in [9.17, 15) is 9.59 Å². The van der Waals surface area contributed by atoms with Crippen molar-refractivity contribution in [3.8, 4) is 0 Å². The van der Waals surface area contributed by atoms with E-state index < -0.39 is 12.1 Å². The maximum absolute atomic E-state index is 9.60. The smallest absolute Gasteiger partial charge is 0.404 e. The van der Waals surface area contributed by atoms with E-state index in [0.29, 0.717) is 6.54 Å². The van der Waals surface area contributed by atoms with Crippen LogP contribution in [0.4, 0.5) is 4.79 Å². The highest BCUT2D eigenvalue weighted by atomic mass is 16.4. The molecule has 0 saturated carbocycles. The maximum Gasteiger partial charge on any atom is 0.404 e. The van der Waals surface area contributed by atoms with Crippen LogP contribution in [0.2, 0.25) is 0 Å². The van der Waals surface area contributed by atoms with Gasteiger partial charge in [0.15, 0.2) is 0 Å². The minimum absolute atomic E-state index is 0.176. The number of H-pyrrole nitrogens is 1. The minimum atomic E-state index is -0.961. The topological polar surface area (TPSA) is 115 Å². The zero-order chi connectivity index (χ0) is 13.7. The first-order valence-corrected chi connectivity index (χ1v) is 4.70. The third-order valence-corrected chi connectivity index (χ3v) is 1.10. The first-order valence-electron chi connectivity index (χ1n) is 4.70. The fourth-order valence-corrected chi connectivity index (χ4v) is 0.366. The van der Waals surface area contributed by atoms with Crippen molar-refractivity contribution in [1.82, 2.24) is 15.3 Å². The number of aromatic amines is 1. The van der Waals surface area contributed by atoms with Crippen molar-refractivity contribution in [2.24, 2.45) is 0 Å². The lowest BCUT2D eigenvalue weighted by Crippen LogP contribution is -2.19. The quantitative estimate of drug-likeness (QED) is 0.585. The number of carbonyl (C=O) groups is 2. The van der Waals surface area contributed by atoms with Gasteiger partial charge in [-0.1, -0.05) is 6.58 Å². The van der Waals surface area contributed by atoms with Crippen LogP contribution in [0, 0.1) is 0 Å². The highest BCUT2D eigenvalue weighted by molar-refractivity contribution is 5.84. The van der Waals surface area contributed by atoms with Crippen molar-refractivity contribution < 1.29 is 19.8 Å². The number of carboxylic acids is 1. The van der Waals surface area contributed by atoms with Crippen LogP contribution in [-0.2, 0) is 4.79 Å². The molecule has 0 saturated heterocycles. The van der Waals surface area contributed by atoms with Gasteiger partial charge in [0, 0.05) is 24.5 Å². The zero-order valence-electron chi connectivity index (χ0n) is 9.80. The van der Waals surface area contributed by atoms with Crippen LogP contribution in [0.15, 0.2) is 30.9 Å². The average molecular weight is 243 g/mol. The number of imidazole rings is 1. The van der Waals surface area contributed by atoms with Gasteiger partial charge in [-0.2, -0.15) is 0 Å². The van der Waals surface area contributed by atoms with Gasteiger partial charge in [-0.25, -0.2) is 14.6 Å². The highest BCUT2D eigenvalue weighted by Crippen LogP contribution is 1.81. The van der Waals surface area contributed by atoms with E-state index in [-0.39, 0.29) is 5.57 Å². The Morgan fingerprint density at radius 1 is 1.47 bits per heavy atom. The van der Waals surface area contributed by atoms with E-state index in [0.717, 1.165) is 0 Å². The molecule has 0 radical (unpaired) electrons.